The zero-order chi connectivity index (χ0) is 13.4. The Balaban J connectivity index is 1.95. The predicted molar refractivity (Wildman–Crippen MR) is 79.5 cm³/mol. The van der Waals surface area contributed by atoms with E-state index in [1.54, 1.807) is 12.1 Å². The van der Waals surface area contributed by atoms with E-state index in [1.165, 1.54) is 5.56 Å². The standard InChI is InChI=1S/C15H13Cl2NO/c1-9-2-5-13-14(6-9)19-15(8-18-13)11-7-10(16)3-4-12(11)17/h2-7,15,18H,8H2,1H3. The lowest BCUT2D eigenvalue weighted by Gasteiger charge is -2.28. The van der Waals surface area contributed by atoms with Gasteiger partial charge in [0.05, 0.1) is 12.2 Å². The van der Waals surface area contributed by atoms with Gasteiger partial charge in [0.2, 0.25) is 0 Å². The van der Waals surface area contributed by atoms with Gasteiger partial charge in [-0.1, -0.05) is 29.3 Å². The number of aryl methyl sites for hydroxylation is 1. The summed E-state index contributed by atoms with van der Waals surface area (Å²) in [5.74, 6) is 0.854. The average Bonchev–Trinajstić information content (AvgIpc) is 2.40. The molecule has 0 fully saturated rings. The third-order valence-corrected chi connectivity index (χ3v) is 3.77. The van der Waals surface area contributed by atoms with Gasteiger partial charge in [0, 0.05) is 15.6 Å². The van der Waals surface area contributed by atoms with Gasteiger partial charge in [-0.05, 0) is 42.8 Å². The van der Waals surface area contributed by atoms with Crippen LogP contribution < -0.4 is 10.1 Å². The van der Waals surface area contributed by atoms with Crippen LogP contribution in [0.25, 0.3) is 0 Å². The molecule has 0 saturated heterocycles. The smallest absolute Gasteiger partial charge is 0.143 e. The van der Waals surface area contributed by atoms with Gasteiger partial charge in [0.1, 0.15) is 11.9 Å². The normalized spacial score (nSPS) is 17.3. The Morgan fingerprint density at radius 3 is 2.84 bits per heavy atom. The van der Waals surface area contributed by atoms with Gasteiger partial charge in [-0.25, -0.2) is 0 Å². The third kappa shape index (κ3) is 2.51. The van der Waals surface area contributed by atoms with E-state index in [2.05, 4.69) is 11.4 Å². The molecule has 1 atom stereocenters. The van der Waals surface area contributed by atoms with Crippen LogP contribution in [0.2, 0.25) is 10.0 Å². The fourth-order valence-electron chi connectivity index (χ4n) is 2.21. The molecular formula is C15H13Cl2NO. The van der Waals surface area contributed by atoms with Gasteiger partial charge in [-0.2, -0.15) is 0 Å². The van der Waals surface area contributed by atoms with Gasteiger partial charge in [-0.3, -0.25) is 0 Å². The average molecular weight is 294 g/mol. The third-order valence-electron chi connectivity index (χ3n) is 3.19. The second kappa shape index (κ2) is 4.95. The summed E-state index contributed by atoms with van der Waals surface area (Å²) < 4.78 is 6.03. The fourth-order valence-corrected chi connectivity index (χ4v) is 2.63. The molecule has 0 saturated carbocycles. The molecule has 1 unspecified atom stereocenters. The van der Waals surface area contributed by atoms with Gasteiger partial charge in [0.25, 0.3) is 0 Å². The molecule has 0 aliphatic carbocycles. The second-order valence-electron chi connectivity index (χ2n) is 4.65. The molecule has 0 spiro atoms. The molecule has 2 nitrogen and oxygen atoms in total. The van der Waals surface area contributed by atoms with Crippen molar-refractivity contribution in [3.8, 4) is 5.75 Å². The Morgan fingerprint density at radius 1 is 1.16 bits per heavy atom. The van der Waals surface area contributed by atoms with Crippen LogP contribution in [0.3, 0.4) is 0 Å². The SMILES string of the molecule is Cc1ccc2c(c1)OC(c1cc(Cl)ccc1Cl)CN2. The molecule has 98 valence electrons. The van der Waals surface area contributed by atoms with Crippen molar-refractivity contribution in [2.75, 3.05) is 11.9 Å². The molecule has 0 bridgehead atoms. The minimum absolute atomic E-state index is 0.125. The lowest BCUT2D eigenvalue weighted by molar-refractivity contribution is 0.210. The molecule has 2 aromatic carbocycles. The number of hydrogen-bond donors (Lipinski definition) is 1. The number of rotatable bonds is 1. The maximum Gasteiger partial charge on any atom is 0.143 e. The van der Waals surface area contributed by atoms with Crippen LogP contribution in [0.1, 0.15) is 17.2 Å². The van der Waals surface area contributed by atoms with Crippen LogP contribution in [0.4, 0.5) is 5.69 Å². The molecule has 0 aromatic heterocycles. The molecule has 0 radical (unpaired) electrons. The fraction of sp³-hybridized carbons (Fsp3) is 0.200. The van der Waals surface area contributed by atoms with E-state index in [-0.39, 0.29) is 6.10 Å². The molecule has 1 aliphatic rings. The zero-order valence-corrected chi connectivity index (χ0v) is 11.9. The van der Waals surface area contributed by atoms with Crippen LogP contribution in [0.15, 0.2) is 36.4 Å². The van der Waals surface area contributed by atoms with Crippen LogP contribution >= 0.6 is 23.2 Å². The number of hydrogen-bond acceptors (Lipinski definition) is 2. The molecular weight excluding hydrogens is 281 g/mol. The zero-order valence-electron chi connectivity index (χ0n) is 10.4. The monoisotopic (exact) mass is 293 g/mol. The van der Waals surface area contributed by atoms with Gasteiger partial charge < -0.3 is 10.1 Å². The summed E-state index contributed by atoms with van der Waals surface area (Å²) in [5.41, 5.74) is 3.09. The van der Waals surface area contributed by atoms with Crippen molar-refractivity contribution in [1.82, 2.24) is 0 Å². The van der Waals surface area contributed by atoms with Gasteiger partial charge in [-0.15, -0.1) is 0 Å². The molecule has 1 heterocycles. The first-order valence-corrected chi connectivity index (χ1v) is 6.85. The number of nitrogens with one attached hydrogen (secondary N) is 1. The van der Waals surface area contributed by atoms with Crippen LogP contribution in [-0.2, 0) is 0 Å². The van der Waals surface area contributed by atoms with Crippen molar-refractivity contribution in [2.24, 2.45) is 0 Å². The van der Waals surface area contributed by atoms with Gasteiger partial charge >= 0.3 is 0 Å². The highest BCUT2D eigenvalue weighted by Gasteiger charge is 2.23. The summed E-state index contributed by atoms with van der Waals surface area (Å²) in [4.78, 5) is 0. The maximum absolute atomic E-state index is 6.22. The van der Waals surface area contributed by atoms with E-state index in [0.717, 1.165) is 17.0 Å². The van der Waals surface area contributed by atoms with E-state index in [1.807, 2.05) is 25.1 Å². The summed E-state index contributed by atoms with van der Waals surface area (Å²) in [6, 6.07) is 11.5. The summed E-state index contributed by atoms with van der Waals surface area (Å²) in [5, 5.41) is 4.70. The Hall–Kier alpha value is -1.38. The van der Waals surface area contributed by atoms with E-state index in [0.29, 0.717) is 16.6 Å². The highest BCUT2D eigenvalue weighted by molar-refractivity contribution is 6.33. The number of anilines is 1. The van der Waals surface area contributed by atoms with Gasteiger partial charge in [0.15, 0.2) is 0 Å². The lowest BCUT2D eigenvalue weighted by Crippen LogP contribution is -2.23. The van der Waals surface area contributed by atoms with Crippen molar-refractivity contribution in [3.63, 3.8) is 0 Å². The van der Waals surface area contributed by atoms with Crippen LogP contribution in [0.5, 0.6) is 5.75 Å². The Bertz CT molecular complexity index is 628. The molecule has 3 rings (SSSR count). The Kier molecular flexibility index (Phi) is 3.29. The summed E-state index contributed by atoms with van der Waals surface area (Å²) >= 11 is 12.2. The van der Waals surface area contributed by atoms with Crippen molar-refractivity contribution in [1.29, 1.82) is 0 Å². The summed E-state index contributed by atoms with van der Waals surface area (Å²) in [6.07, 6.45) is -0.125. The van der Waals surface area contributed by atoms with E-state index >= 15 is 0 Å². The maximum atomic E-state index is 6.22. The minimum Gasteiger partial charge on any atom is -0.482 e. The largest absolute Gasteiger partial charge is 0.482 e. The molecule has 1 N–H and O–H groups in total. The lowest BCUT2D eigenvalue weighted by atomic mass is 10.1. The first-order valence-electron chi connectivity index (χ1n) is 6.09. The molecule has 0 amide bonds. The molecule has 2 aromatic rings. The topological polar surface area (TPSA) is 21.3 Å². The van der Waals surface area contributed by atoms with E-state index in [9.17, 15) is 0 Å². The quantitative estimate of drug-likeness (QED) is 0.812. The molecule has 1 aliphatic heterocycles. The molecule has 4 heteroatoms. The number of halogens is 2. The number of fused-ring (bicyclic) bond motifs is 1. The highest BCUT2D eigenvalue weighted by Crippen LogP contribution is 2.37. The van der Waals surface area contributed by atoms with Crippen molar-refractivity contribution in [3.05, 3.63) is 57.6 Å². The number of benzene rings is 2. The van der Waals surface area contributed by atoms with Crippen molar-refractivity contribution < 1.29 is 4.74 Å². The summed E-state index contributed by atoms with van der Waals surface area (Å²) in [6.45, 7) is 2.72. The Labute approximate surface area is 122 Å². The predicted octanol–water partition coefficient (Wildman–Crippen LogP) is 4.85. The van der Waals surface area contributed by atoms with Crippen molar-refractivity contribution >= 4 is 28.9 Å². The second-order valence-corrected chi connectivity index (χ2v) is 5.50. The van der Waals surface area contributed by atoms with E-state index in [4.69, 9.17) is 27.9 Å². The summed E-state index contributed by atoms with van der Waals surface area (Å²) in [7, 11) is 0. The molecule has 19 heavy (non-hydrogen) atoms. The first-order chi connectivity index (χ1) is 9.13. The Morgan fingerprint density at radius 2 is 2.00 bits per heavy atom. The number of ether oxygens (including phenoxy) is 1. The highest BCUT2D eigenvalue weighted by atomic mass is 35.5. The van der Waals surface area contributed by atoms with Crippen molar-refractivity contribution in [2.45, 2.75) is 13.0 Å². The van der Waals surface area contributed by atoms with Crippen LogP contribution in [-0.4, -0.2) is 6.54 Å². The van der Waals surface area contributed by atoms with E-state index < -0.39 is 0 Å². The minimum atomic E-state index is -0.125. The van der Waals surface area contributed by atoms with Crippen LogP contribution in [0, 0.1) is 6.92 Å². The first kappa shape index (κ1) is 12.6.